The van der Waals surface area contributed by atoms with Crippen LogP contribution in [0, 0.1) is 0 Å². The molecule has 0 spiro atoms. The summed E-state index contributed by atoms with van der Waals surface area (Å²) in [5, 5.41) is 15.0. The van der Waals surface area contributed by atoms with Crippen LogP contribution < -0.4 is 0 Å². The maximum absolute atomic E-state index is 4.85. The van der Waals surface area contributed by atoms with Crippen molar-refractivity contribution < 1.29 is 0 Å². The molecule has 2 aromatic heterocycles. The van der Waals surface area contributed by atoms with E-state index in [1.54, 1.807) is 12.4 Å². The van der Waals surface area contributed by atoms with E-state index < -0.39 is 0 Å². The van der Waals surface area contributed by atoms with Crippen molar-refractivity contribution in [3.8, 4) is 33.9 Å². The summed E-state index contributed by atoms with van der Waals surface area (Å²) in [5.41, 5.74) is 4.42. The van der Waals surface area contributed by atoms with E-state index >= 15 is 0 Å². The van der Waals surface area contributed by atoms with Gasteiger partial charge in [0.2, 0.25) is 0 Å². The van der Waals surface area contributed by atoms with Gasteiger partial charge in [-0.15, -0.1) is 0 Å². The fourth-order valence-electron chi connectivity index (χ4n) is 7.26. The Bertz CT molecular complexity index is 2760. The highest BCUT2D eigenvalue weighted by atomic mass is 14.9. The average Bonchev–Trinajstić information content (AvgIpc) is 3.13. The Labute approximate surface area is 264 Å². The lowest BCUT2D eigenvalue weighted by molar-refractivity contribution is 1.15. The van der Waals surface area contributed by atoms with Gasteiger partial charge in [0.25, 0.3) is 0 Å². The number of fused-ring (bicyclic) bond motifs is 2. The molecule has 4 nitrogen and oxygen atoms in total. The number of hydrogen-bond donors (Lipinski definition) is 0. The van der Waals surface area contributed by atoms with Gasteiger partial charge in [-0.05, 0) is 76.8 Å². The van der Waals surface area contributed by atoms with Crippen molar-refractivity contribution in [3.63, 3.8) is 0 Å². The van der Waals surface area contributed by atoms with Crippen molar-refractivity contribution in [2.24, 2.45) is 0 Å². The Balaban J connectivity index is 1.21. The molecule has 0 atom stereocenters. The normalized spacial score (nSPS) is 11.9. The Kier molecular flexibility index (Phi) is 5.25. The van der Waals surface area contributed by atoms with E-state index in [0.717, 1.165) is 28.1 Å². The number of hydrogen-bond acceptors (Lipinski definition) is 4. The highest BCUT2D eigenvalue weighted by Crippen LogP contribution is 2.44. The van der Waals surface area contributed by atoms with Gasteiger partial charge in [-0.1, -0.05) is 109 Å². The molecule has 0 amide bonds. The van der Waals surface area contributed by atoms with E-state index in [1.807, 2.05) is 42.7 Å². The third-order valence-electron chi connectivity index (χ3n) is 9.35. The Morgan fingerprint density at radius 3 is 1.37 bits per heavy atom. The summed E-state index contributed by atoms with van der Waals surface area (Å²) < 4.78 is 0. The highest BCUT2D eigenvalue weighted by molar-refractivity contribution is 6.37. The van der Waals surface area contributed by atoms with Crippen molar-refractivity contribution in [2.45, 2.75) is 0 Å². The smallest absolute Gasteiger partial charge is 0.159 e. The molecule has 0 aliphatic rings. The lowest BCUT2D eigenvalue weighted by atomic mass is 9.87. The van der Waals surface area contributed by atoms with Crippen LogP contribution in [0.1, 0.15) is 0 Å². The van der Waals surface area contributed by atoms with Gasteiger partial charge >= 0.3 is 0 Å². The van der Waals surface area contributed by atoms with E-state index in [-0.39, 0.29) is 0 Å². The number of benzene rings is 7. The van der Waals surface area contributed by atoms with Crippen LogP contribution in [0.3, 0.4) is 0 Å². The van der Waals surface area contributed by atoms with Crippen molar-refractivity contribution in [2.75, 3.05) is 0 Å². The van der Waals surface area contributed by atoms with Gasteiger partial charge in [-0.3, -0.25) is 9.97 Å². The SMILES string of the molecule is c1ccc(-c2cnc(-c3cnc(-c4cc5ccc6cccc7c8cccc9ccc%10cccc(c(c4)c5c67)c%10c98)nc3)cn2)cc1. The van der Waals surface area contributed by atoms with E-state index in [9.17, 15) is 0 Å². The summed E-state index contributed by atoms with van der Waals surface area (Å²) in [4.78, 5) is 19.0. The molecule has 0 fully saturated rings. The molecule has 4 heteroatoms. The standard InChI is InChI=1S/C42H24N4/c1-2-7-25(8-3-1)36-23-44-37(24-43-36)31-21-45-42(46-22-31)30-19-29-18-17-28-10-5-13-33-32-12-4-9-26-15-16-27-11-6-14-34(40(27)38(26)32)35(20-30)41(29)39(28)33/h1-24H. The third kappa shape index (κ3) is 3.67. The highest BCUT2D eigenvalue weighted by Gasteiger charge is 2.17. The molecule has 46 heavy (non-hydrogen) atoms. The summed E-state index contributed by atoms with van der Waals surface area (Å²) in [6, 6.07) is 43.6. The largest absolute Gasteiger partial charge is 0.252 e. The quantitative estimate of drug-likeness (QED) is 0.194. The second-order valence-corrected chi connectivity index (χ2v) is 11.9. The molecule has 0 aliphatic heterocycles. The molecule has 212 valence electrons. The maximum Gasteiger partial charge on any atom is 0.159 e. The molecule has 0 unspecified atom stereocenters. The molecule has 8 aromatic carbocycles. The predicted octanol–water partition coefficient (Wildman–Crippen LogP) is 10.6. The zero-order valence-corrected chi connectivity index (χ0v) is 24.6. The molecule has 10 rings (SSSR count). The lowest BCUT2D eigenvalue weighted by Gasteiger charge is -2.16. The molecular weight excluding hydrogens is 560 g/mol. The summed E-state index contributed by atoms with van der Waals surface area (Å²) in [7, 11) is 0. The van der Waals surface area contributed by atoms with E-state index in [1.165, 1.54) is 64.6 Å². The second-order valence-electron chi connectivity index (χ2n) is 11.9. The predicted molar refractivity (Wildman–Crippen MR) is 190 cm³/mol. The van der Waals surface area contributed by atoms with Crippen molar-refractivity contribution in [1.82, 2.24) is 19.9 Å². The van der Waals surface area contributed by atoms with Crippen LogP contribution in [0.25, 0.3) is 98.5 Å². The van der Waals surface area contributed by atoms with Crippen molar-refractivity contribution >= 4 is 64.6 Å². The van der Waals surface area contributed by atoms with Gasteiger partial charge in [-0.2, -0.15) is 0 Å². The van der Waals surface area contributed by atoms with Crippen LogP contribution in [-0.2, 0) is 0 Å². The Morgan fingerprint density at radius 2 is 0.804 bits per heavy atom. The first-order valence-electron chi connectivity index (χ1n) is 15.5. The minimum Gasteiger partial charge on any atom is -0.252 e. The summed E-state index contributed by atoms with van der Waals surface area (Å²) in [6.45, 7) is 0. The first-order chi connectivity index (χ1) is 22.8. The van der Waals surface area contributed by atoms with Crippen LogP contribution in [0.2, 0.25) is 0 Å². The molecule has 2 heterocycles. The van der Waals surface area contributed by atoms with Crippen LogP contribution in [0.15, 0.2) is 146 Å². The van der Waals surface area contributed by atoms with Gasteiger partial charge in [0.05, 0.1) is 23.8 Å². The molecule has 0 N–H and O–H groups in total. The number of rotatable bonds is 3. The van der Waals surface area contributed by atoms with Gasteiger partial charge < -0.3 is 0 Å². The Hall–Kier alpha value is -6.26. The van der Waals surface area contributed by atoms with Crippen LogP contribution in [-0.4, -0.2) is 19.9 Å². The van der Waals surface area contributed by atoms with Gasteiger partial charge in [0.15, 0.2) is 5.82 Å². The topological polar surface area (TPSA) is 51.6 Å². The summed E-state index contributed by atoms with van der Waals surface area (Å²) >= 11 is 0. The van der Waals surface area contributed by atoms with E-state index in [4.69, 9.17) is 9.97 Å². The minimum absolute atomic E-state index is 0.678. The summed E-state index contributed by atoms with van der Waals surface area (Å²) in [6.07, 6.45) is 7.28. The first-order valence-corrected chi connectivity index (χ1v) is 15.5. The number of aromatic nitrogens is 4. The zero-order chi connectivity index (χ0) is 30.2. The molecule has 0 saturated heterocycles. The van der Waals surface area contributed by atoms with Crippen LogP contribution in [0.4, 0.5) is 0 Å². The molecule has 0 radical (unpaired) electrons. The van der Waals surface area contributed by atoms with Gasteiger partial charge in [0, 0.05) is 29.1 Å². The summed E-state index contributed by atoms with van der Waals surface area (Å²) in [5.74, 6) is 0.678. The second kappa shape index (κ2) is 9.62. The lowest BCUT2D eigenvalue weighted by Crippen LogP contribution is -1.94. The van der Waals surface area contributed by atoms with E-state index in [2.05, 4.69) is 101 Å². The molecule has 10 aromatic rings. The average molecular weight is 585 g/mol. The van der Waals surface area contributed by atoms with Gasteiger partial charge in [-0.25, -0.2) is 9.97 Å². The molecule has 0 aliphatic carbocycles. The van der Waals surface area contributed by atoms with Crippen molar-refractivity contribution in [3.05, 3.63) is 146 Å². The third-order valence-corrected chi connectivity index (χ3v) is 9.35. The number of nitrogens with zero attached hydrogens (tertiary/aromatic N) is 4. The van der Waals surface area contributed by atoms with Gasteiger partial charge in [0.1, 0.15) is 0 Å². The fourth-order valence-corrected chi connectivity index (χ4v) is 7.26. The van der Waals surface area contributed by atoms with Crippen LogP contribution >= 0.6 is 0 Å². The zero-order valence-electron chi connectivity index (χ0n) is 24.6. The molecule has 0 bridgehead atoms. The fraction of sp³-hybridized carbons (Fsp3) is 0. The molecule has 0 saturated carbocycles. The maximum atomic E-state index is 4.85. The Morgan fingerprint density at radius 1 is 0.304 bits per heavy atom. The van der Waals surface area contributed by atoms with Crippen molar-refractivity contribution in [1.29, 1.82) is 0 Å². The monoisotopic (exact) mass is 584 g/mol. The van der Waals surface area contributed by atoms with Crippen LogP contribution in [0.5, 0.6) is 0 Å². The van der Waals surface area contributed by atoms with E-state index in [0.29, 0.717) is 5.82 Å². The first kappa shape index (κ1) is 25.1. The molecular formula is C42H24N4. The minimum atomic E-state index is 0.678.